The predicted octanol–water partition coefficient (Wildman–Crippen LogP) is 0.433. The van der Waals surface area contributed by atoms with E-state index in [1.165, 1.54) is 0 Å². The molecule has 0 spiro atoms. The minimum Gasteiger partial charge on any atom is -0.389 e. The molecule has 114 valence electrons. The third-order valence-corrected chi connectivity index (χ3v) is 3.49. The minimum atomic E-state index is -0.926. The number of aryl methyl sites for hydroxylation is 1. The van der Waals surface area contributed by atoms with Gasteiger partial charge in [0.25, 0.3) is 0 Å². The first-order valence-electron chi connectivity index (χ1n) is 6.57. The first kappa shape index (κ1) is 15.6. The highest BCUT2D eigenvalue weighted by atomic mass is 32.1. The molecule has 8 heteroatoms. The van der Waals surface area contributed by atoms with E-state index in [1.807, 2.05) is 12.3 Å². The van der Waals surface area contributed by atoms with Crippen molar-refractivity contribution in [3.63, 3.8) is 0 Å². The molecular weight excluding hydrogens is 290 g/mol. The molecule has 0 aliphatic heterocycles. The fourth-order valence-electron chi connectivity index (χ4n) is 1.93. The number of hydrogen-bond donors (Lipinski definition) is 2. The Labute approximate surface area is 126 Å². The zero-order valence-electron chi connectivity index (χ0n) is 12.3. The van der Waals surface area contributed by atoms with E-state index in [1.54, 1.807) is 29.9 Å². The molecule has 0 aromatic carbocycles. The number of hydrogen-bond acceptors (Lipinski definition) is 6. The molecule has 0 saturated heterocycles. The van der Waals surface area contributed by atoms with Crippen molar-refractivity contribution in [2.75, 3.05) is 0 Å². The average molecular weight is 309 g/mol. The summed E-state index contributed by atoms with van der Waals surface area (Å²) in [6, 6.07) is 0. The maximum Gasteiger partial charge on any atom is 0.225 e. The number of nitrogens with zero attached hydrogens (tertiary/aromatic N) is 4. The second-order valence-corrected chi connectivity index (χ2v) is 6.65. The van der Waals surface area contributed by atoms with Crippen molar-refractivity contribution < 1.29 is 9.90 Å². The van der Waals surface area contributed by atoms with Gasteiger partial charge in [-0.3, -0.25) is 4.79 Å². The number of carbonyl (C=O) groups is 1. The standard InChI is InChI=1S/C13H19N5O2S/c1-8-15-9(6-21-8)4-12-16-11(5-10(14)19)17-18(12)7-13(2,3)20/h6,20H,4-5,7H2,1-3H3,(H2,14,19). The largest absolute Gasteiger partial charge is 0.389 e. The van der Waals surface area contributed by atoms with Crippen molar-refractivity contribution in [2.24, 2.45) is 5.73 Å². The monoisotopic (exact) mass is 309 g/mol. The number of primary amides is 1. The highest BCUT2D eigenvalue weighted by molar-refractivity contribution is 7.09. The first-order chi connectivity index (χ1) is 9.73. The van der Waals surface area contributed by atoms with Crippen LogP contribution in [-0.4, -0.2) is 36.4 Å². The van der Waals surface area contributed by atoms with Crippen LogP contribution in [0.15, 0.2) is 5.38 Å². The number of thiazole rings is 1. The molecule has 2 aromatic rings. The molecule has 0 aliphatic rings. The molecule has 2 heterocycles. The van der Waals surface area contributed by atoms with Gasteiger partial charge in [-0.1, -0.05) is 0 Å². The summed E-state index contributed by atoms with van der Waals surface area (Å²) in [5, 5.41) is 17.2. The Bertz CT molecular complexity index is 641. The molecule has 2 rings (SSSR count). The Hall–Kier alpha value is -1.80. The van der Waals surface area contributed by atoms with Crippen LogP contribution in [-0.2, 0) is 24.2 Å². The van der Waals surface area contributed by atoms with Crippen molar-refractivity contribution >= 4 is 17.2 Å². The first-order valence-corrected chi connectivity index (χ1v) is 7.45. The van der Waals surface area contributed by atoms with Crippen LogP contribution >= 0.6 is 11.3 Å². The highest BCUT2D eigenvalue weighted by Crippen LogP contribution is 2.14. The van der Waals surface area contributed by atoms with Crippen LogP contribution in [0.4, 0.5) is 0 Å². The van der Waals surface area contributed by atoms with Crippen molar-refractivity contribution in [1.29, 1.82) is 0 Å². The molecule has 7 nitrogen and oxygen atoms in total. The summed E-state index contributed by atoms with van der Waals surface area (Å²) in [6.45, 7) is 5.61. The SMILES string of the molecule is Cc1nc(Cc2nc(CC(N)=O)nn2CC(C)(C)O)cs1. The van der Waals surface area contributed by atoms with Gasteiger partial charge in [-0.2, -0.15) is 5.10 Å². The normalized spacial score (nSPS) is 11.8. The third kappa shape index (κ3) is 4.61. The molecule has 21 heavy (non-hydrogen) atoms. The predicted molar refractivity (Wildman–Crippen MR) is 78.9 cm³/mol. The van der Waals surface area contributed by atoms with Gasteiger partial charge in [0.05, 0.1) is 35.7 Å². The fraction of sp³-hybridized carbons (Fsp3) is 0.538. The van der Waals surface area contributed by atoms with Crippen LogP contribution < -0.4 is 5.73 Å². The zero-order valence-corrected chi connectivity index (χ0v) is 13.1. The molecule has 3 N–H and O–H groups in total. The van der Waals surface area contributed by atoms with Crippen molar-refractivity contribution in [3.8, 4) is 0 Å². The summed E-state index contributed by atoms with van der Waals surface area (Å²) in [5.41, 5.74) is 5.15. The zero-order chi connectivity index (χ0) is 15.6. The second-order valence-electron chi connectivity index (χ2n) is 5.59. The summed E-state index contributed by atoms with van der Waals surface area (Å²) in [5.74, 6) is 0.554. The Balaban J connectivity index is 2.27. The Kier molecular flexibility index (Phi) is 4.38. The van der Waals surface area contributed by atoms with E-state index in [4.69, 9.17) is 5.73 Å². The van der Waals surface area contributed by atoms with Crippen LogP contribution in [0.25, 0.3) is 0 Å². The smallest absolute Gasteiger partial charge is 0.225 e. The molecule has 0 fully saturated rings. The van der Waals surface area contributed by atoms with E-state index in [0.717, 1.165) is 10.7 Å². The van der Waals surface area contributed by atoms with Gasteiger partial charge in [0.1, 0.15) is 5.82 Å². The van der Waals surface area contributed by atoms with Crippen LogP contribution in [0.1, 0.15) is 36.2 Å². The quantitative estimate of drug-likeness (QED) is 0.805. The van der Waals surface area contributed by atoms with Crippen LogP contribution in [0.2, 0.25) is 0 Å². The number of aliphatic hydroxyl groups is 1. The molecule has 0 radical (unpaired) electrons. The lowest BCUT2D eigenvalue weighted by atomic mass is 10.1. The van der Waals surface area contributed by atoms with E-state index in [9.17, 15) is 9.90 Å². The average Bonchev–Trinajstić information content (AvgIpc) is 2.84. The summed E-state index contributed by atoms with van der Waals surface area (Å²) >= 11 is 1.57. The van der Waals surface area contributed by atoms with Crippen molar-refractivity contribution in [1.82, 2.24) is 19.7 Å². The van der Waals surface area contributed by atoms with Gasteiger partial charge in [-0.15, -0.1) is 11.3 Å². The topological polar surface area (TPSA) is 107 Å². The van der Waals surface area contributed by atoms with Gasteiger partial charge < -0.3 is 10.8 Å². The van der Waals surface area contributed by atoms with Crippen molar-refractivity contribution in [2.45, 2.75) is 45.8 Å². The summed E-state index contributed by atoms with van der Waals surface area (Å²) in [4.78, 5) is 19.7. The van der Waals surface area contributed by atoms with Crippen molar-refractivity contribution in [3.05, 3.63) is 27.7 Å². The Morgan fingerprint density at radius 1 is 1.48 bits per heavy atom. The van der Waals surface area contributed by atoms with E-state index < -0.39 is 11.5 Å². The summed E-state index contributed by atoms with van der Waals surface area (Å²) in [7, 11) is 0. The highest BCUT2D eigenvalue weighted by Gasteiger charge is 2.20. The van der Waals surface area contributed by atoms with Gasteiger partial charge in [0.15, 0.2) is 5.82 Å². The Morgan fingerprint density at radius 2 is 2.19 bits per heavy atom. The van der Waals surface area contributed by atoms with E-state index in [2.05, 4.69) is 15.1 Å². The summed E-state index contributed by atoms with van der Waals surface area (Å²) in [6.07, 6.45) is 0.494. The molecule has 0 bridgehead atoms. The van der Waals surface area contributed by atoms with E-state index in [-0.39, 0.29) is 13.0 Å². The number of amides is 1. The number of rotatable bonds is 6. The molecule has 0 aliphatic carbocycles. The van der Waals surface area contributed by atoms with Gasteiger partial charge in [0.2, 0.25) is 5.91 Å². The lowest BCUT2D eigenvalue weighted by Gasteiger charge is -2.17. The fourth-order valence-corrected chi connectivity index (χ4v) is 2.54. The van der Waals surface area contributed by atoms with Gasteiger partial charge in [-0.05, 0) is 20.8 Å². The molecule has 1 amide bonds. The molecule has 0 atom stereocenters. The Morgan fingerprint density at radius 3 is 2.71 bits per heavy atom. The molecule has 2 aromatic heterocycles. The van der Waals surface area contributed by atoms with E-state index in [0.29, 0.717) is 18.1 Å². The third-order valence-electron chi connectivity index (χ3n) is 2.67. The molecular formula is C13H19N5O2S. The minimum absolute atomic E-state index is 0.0120. The van der Waals surface area contributed by atoms with Crippen LogP contribution in [0, 0.1) is 6.92 Å². The van der Waals surface area contributed by atoms with E-state index >= 15 is 0 Å². The van der Waals surface area contributed by atoms with Gasteiger partial charge in [0, 0.05) is 5.38 Å². The van der Waals surface area contributed by atoms with Gasteiger partial charge in [-0.25, -0.2) is 14.6 Å². The number of carbonyl (C=O) groups excluding carboxylic acids is 1. The van der Waals surface area contributed by atoms with Crippen LogP contribution in [0.5, 0.6) is 0 Å². The van der Waals surface area contributed by atoms with Crippen LogP contribution in [0.3, 0.4) is 0 Å². The maximum absolute atomic E-state index is 11.0. The molecule has 0 saturated carbocycles. The lowest BCUT2D eigenvalue weighted by Crippen LogP contribution is -2.28. The molecule has 0 unspecified atom stereocenters. The summed E-state index contributed by atoms with van der Waals surface area (Å²) < 4.78 is 1.62. The number of aromatic nitrogens is 4. The van der Waals surface area contributed by atoms with Gasteiger partial charge >= 0.3 is 0 Å². The maximum atomic E-state index is 11.0. The number of nitrogens with two attached hydrogens (primary N) is 1. The second kappa shape index (κ2) is 5.90. The lowest BCUT2D eigenvalue weighted by molar-refractivity contribution is -0.117.